The molecule has 92 valence electrons. The number of hydrogen-bond acceptors (Lipinski definition) is 4. The summed E-state index contributed by atoms with van der Waals surface area (Å²) in [7, 11) is 1.66. The molecule has 0 aromatic heterocycles. The van der Waals surface area contributed by atoms with E-state index in [1.807, 2.05) is 32.0 Å². The van der Waals surface area contributed by atoms with Crippen molar-refractivity contribution < 1.29 is 14.0 Å². The van der Waals surface area contributed by atoms with Gasteiger partial charge in [-0.05, 0) is 30.2 Å². The normalized spacial score (nSPS) is 9.06. The highest BCUT2D eigenvalue weighted by Gasteiger charge is 2.03. The predicted octanol–water partition coefficient (Wildman–Crippen LogP) is 3.87. The molecular formula is C12H20O3S. The molecule has 0 radical (unpaired) electrons. The van der Waals surface area contributed by atoms with Crippen LogP contribution in [0.5, 0.6) is 11.5 Å². The quantitative estimate of drug-likeness (QED) is 0.446. The third-order valence-electron chi connectivity index (χ3n) is 1.83. The molecule has 16 heavy (non-hydrogen) atoms. The molecule has 0 spiro atoms. The third kappa shape index (κ3) is 4.77. The zero-order chi connectivity index (χ0) is 12.4. The number of ether oxygens (including phenoxy) is 1. The van der Waals surface area contributed by atoms with Crippen molar-refractivity contribution in [3.63, 3.8) is 0 Å². The molecule has 0 saturated carbocycles. The molecule has 0 fully saturated rings. The maximum atomic E-state index is 5.19. The van der Waals surface area contributed by atoms with Crippen LogP contribution in [0.3, 0.4) is 0 Å². The Morgan fingerprint density at radius 2 is 1.94 bits per heavy atom. The molecular weight excluding hydrogens is 224 g/mol. The highest BCUT2D eigenvalue weighted by Crippen LogP contribution is 2.24. The van der Waals surface area contributed by atoms with Crippen molar-refractivity contribution in [2.24, 2.45) is 0 Å². The van der Waals surface area contributed by atoms with Gasteiger partial charge in [0.1, 0.15) is 5.75 Å². The Hall–Kier alpha value is -0.870. The van der Waals surface area contributed by atoms with Crippen LogP contribution in [-0.4, -0.2) is 13.4 Å². The van der Waals surface area contributed by atoms with E-state index < -0.39 is 0 Å². The minimum absolute atomic E-state index is 0.692. The molecule has 0 N–H and O–H groups in total. The SMILES string of the molecule is CC.CCc1cc(OOSC)ccc1OC. The Morgan fingerprint density at radius 3 is 2.44 bits per heavy atom. The van der Waals surface area contributed by atoms with Gasteiger partial charge in [0, 0.05) is 18.3 Å². The van der Waals surface area contributed by atoms with Gasteiger partial charge < -0.3 is 9.62 Å². The Labute approximate surface area is 102 Å². The van der Waals surface area contributed by atoms with Gasteiger partial charge in [-0.2, -0.15) is 0 Å². The standard InChI is InChI=1S/C10H14O3S.C2H6/c1-4-8-7-9(12-13-14-3)5-6-10(8)11-2;1-2/h5-7H,4H2,1-3H3;1-2H3. The van der Waals surface area contributed by atoms with Gasteiger partial charge in [-0.3, -0.25) is 0 Å². The largest absolute Gasteiger partial charge is 0.496 e. The molecule has 0 bridgehead atoms. The Bertz CT molecular complexity index is 290. The van der Waals surface area contributed by atoms with Gasteiger partial charge in [-0.15, -0.1) is 4.33 Å². The second-order valence-corrected chi connectivity index (χ2v) is 3.11. The smallest absolute Gasteiger partial charge is 0.167 e. The molecule has 0 aliphatic carbocycles. The zero-order valence-corrected chi connectivity index (χ0v) is 11.4. The molecule has 0 heterocycles. The highest BCUT2D eigenvalue weighted by molar-refractivity contribution is 7.93. The van der Waals surface area contributed by atoms with E-state index in [0.29, 0.717) is 5.75 Å². The molecule has 0 aliphatic heterocycles. The molecule has 0 unspecified atom stereocenters. The van der Waals surface area contributed by atoms with Crippen molar-refractivity contribution in [3.05, 3.63) is 23.8 Å². The second kappa shape index (κ2) is 9.36. The van der Waals surface area contributed by atoms with Gasteiger partial charge in [-0.25, -0.2) is 0 Å². The number of methoxy groups -OCH3 is 1. The van der Waals surface area contributed by atoms with Crippen molar-refractivity contribution in [1.82, 2.24) is 0 Å². The predicted molar refractivity (Wildman–Crippen MR) is 68.9 cm³/mol. The van der Waals surface area contributed by atoms with Crippen molar-refractivity contribution in [1.29, 1.82) is 0 Å². The maximum absolute atomic E-state index is 5.19. The number of aryl methyl sites for hydroxylation is 1. The fourth-order valence-corrected chi connectivity index (χ4v) is 1.30. The first-order valence-corrected chi connectivity index (χ1v) is 6.51. The molecule has 0 atom stereocenters. The molecule has 1 aromatic rings. The summed E-state index contributed by atoms with van der Waals surface area (Å²) in [5.74, 6) is 1.57. The van der Waals surface area contributed by atoms with E-state index in [0.717, 1.165) is 17.7 Å². The van der Waals surface area contributed by atoms with Crippen LogP contribution < -0.4 is 9.62 Å². The lowest BCUT2D eigenvalue weighted by Crippen LogP contribution is -1.93. The number of rotatable bonds is 5. The first-order chi connectivity index (χ1) is 7.81. The Kier molecular flexibility index (Phi) is 8.85. The number of hydrogen-bond donors (Lipinski definition) is 0. The summed E-state index contributed by atoms with van der Waals surface area (Å²) in [5.41, 5.74) is 1.11. The van der Waals surface area contributed by atoms with E-state index in [9.17, 15) is 0 Å². The van der Waals surface area contributed by atoms with Crippen LogP contribution in [-0.2, 0) is 10.8 Å². The summed E-state index contributed by atoms with van der Waals surface area (Å²) in [6, 6.07) is 5.60. The van der Waals surface area contributed by atoms with Crippen LogP contribution >= 0.6 is 12.0 Å². The molecule has 0 amide bonds. The van der Waals surface area contributed by atoms with Crippen molar-refractivity contribution >= 4 is 12.0 Å². The van der Waals surface area contributed by atoms with Crippen LogP contribution in [0.15, 0.2) is 18.2 Å². The van der Waals surface area contributed by atoms with Crippen molar-refractivity contribution in [3.8, 4) is 11.5 Å². The Morgan fingerprint density at radius 1 is 1.25 bits per heavy atom. The summed E-state index contributed by atoms with van der Waals surface area (Å²) in [5, 5.41) is 0. The average Bonchev–Trinajstić information content (AvgIpc) is 2.38. The fourth-order valence-electron chi connectivity index (χ4n) is 1.16. The monoisotopic (exact) mass is 244 g/mol. The summed E-state index contributed by atoms with van der Waals surface area (Å²) in [6.45, 7) is 6.07. The van der Waals surface area contributed by atoms with E-state index >= 15 is 0 Å². The molecule has 1 aromatic carbocycles. The highest BCUT2D eigenvalue weighted by atomic mass is 32.2. The van der Waals surface area contributed by atoms with E-state index in [2.05, 4.69) is 6.92 Å². The molecule has 1 rings (SSSR count). The van der Waals surface area contributed by atoms with Gasteiger partial charge >= 0.3 is 0 Å². The van der Waals surface area contributed by atoms with Gasteiger partial charge in [-0.1, -0.05) is 20.8 Å². The summed E-state index contributed by atoms with van der Waals surface area (Å²) in [6.07, 6.45) is 2.70. The lowest BCUT2D eigenvalue weighted by molar-refractivity contribution is -0.0771. The van der Waals surface area contributed by atoms with E-state index in [1.165, 1.54) is 12.0 Å². The average molecular weight is 244 g/mol. The minimum atomic E-state index is 0.692. The minimum Gasteiger partial charge on any atom is -0.496 e. The Balaban J connectivity index is 0.00000106. The molecule has 4 heteroatoms. The lowest BCUT2D eigenvalue weighted by atomic mass is 10.1. The fraction of sp³-hybridized carbons (Fsp3) is 0.500. The molecule has 3 nitrogen and oxygen atoms in total. The van der Waals surface area contributed by atoms with Crippen LogP contribution in [0.2, 0.25) is 0 Å². The van der Waals surface area contributed by atoms with E-state index in [1.54, 1.807) is 13.4 Å². The van der Waals surface area contributed by atoms with Gasteiger partial charge in [0.05, 0.1) is 7.11 Å². The van der Waals surface area contributed by atoms with Crippen molar-refractivity contribution in [2.75, 3.05) is 13.4 Å². The van der Waals surface area contributed by atoms with Crippen LogP contribution in [0, 0.1) is 0 Å². The van der Waals surface area contributed by atoms with Crippen LogP contribution in [0.1, 0.15) is 26.3 Å². The zero-order valence-electron chi connectivity index (χ0n) is 10.6. The van der Waals surface area contributed by atoms with Crippen LogP contribution in [0.4, 0.5) is 0 Å². The summed E-state index contributed by atoms with van der Waals surface area (Å²) < 4.78 is 9.96. The van der Waals surface area contributed by atoms with E-state index in [4.69, 9.17) is 14.0 Å². The van der Waals surface area contributed by atoms with Crippen molar-refractivity contribution in [2.45, 2.75) is 27.2 Å². The maximum Gasteiger partial charge on any atom is 0.167 e. The molecule has 0 aliphatic rings. The second-order valence-electron chi connectivity index (χ2n) is 2.65. The number of benzene rings is 1. The van der Waals surface area contributed by atoms with Gasteiger partial charge in [0.15, 0.2) is 5.75 Å². The first kappa shape index (κ1) is 15.1. The van der Waals surface area contributed by atoms with Gasteiger partial charge in [0.25, 0.3) is 0 Å². The topological polar surface area (TPSA) is 27.7 Å². The third-order valence-corrected chi connectivity index (χ3v) is 2.04. The first-order valence-electron chi connectivity index (χ1n) is 5.36. The molecule has 0 saturated heterocycles. The van der Waals surface area contributed by atoms with E-state index in [-0.39, 0.29) is 0 Å². The van der Waals surface area contributed by atoms with Gasteiger partial charge in [0.2, 0.25) is 0 Å². The lowest BCUT2D eigenvalue weighted by Gasteiger charge is -2.08. The summed E-state index contributed by atoms with van der Waals surface area (Å²) in [4.78, 5) is 5.00. The van der Waals surface area contributed by atoms with Crippen LogP contribution in [0.25, 0.3) is 0 Å². The summed E-state index contributed by atoms with van der Waals surface area (Å²) >= 11 is 1.17.